The van der Waals surface area contributed by atoms with Gasteiger partial charge in [0.2, 0.25) is 0 Å². The number of hydrogen-bond donors (Lipinski definition) is 1. The maximum Gasteiger partial charge on any atom is 0.472 e. The zero-order valence-corrected chi connectivity index (χ0v) is 41.4. The second kappa shape index (κ2) is 44.6. The number of allylic oxidation sites excluding steroid dienone is 4. The molecule has 1 N–H and O–H groups in total. The third kappa shape index (κ3) is 48.0. The van der Waals surface area contributed by atoms with E-state index in [-0.39, 0.29) is 25.8 Å². The summed E-state index contributed by atoms with van der Waals surface area (Å²) in [4.78, 5) is 23.0. The van der Waals surface area contributed by atoms with Crippen LogP contribution in [0, 0.1) is 0 Å². The molecule has 0 aliphatic carbocycles. The summed E-state index contributed by atoms with van der Waals surface area (Å²) in [5.74, 6) is -0.317. The average Bonchev–Trinajstić information content (AvgIpc) is 3.20. The van der Waals surface area contributed by atoms with Crippen LogP contribution in [0.3, 0.4) is 0 Å². The van der Waals surface area contributed by atoms with E-state index >= 15 is 0 Å². The summed E-state index contributed by atoms with van der Waals surface area (Å²) >= 11 is 0. The molecule has 2 atom stereocenters. The normalized spacial score (nSPS) is 13.8. The fourth-order valence-electron chi connectivity index (χ4n) is 7.29. The number of hydrogen-bond acceptors (Lipinski definition) is 6. The Balaban J connectivity index is 4.13. The number of phosphoric ester groups is 1. The number of likely N-dealkylation sites (N-methyl/N-ethyl adjacent to an activating group) is 1. The van der Waals surface area contributed by atoms with Crippen LogP contribution >= 0.6 is 7.82 Å². The third-order valence-corrected chi connectivity index (χ3v) is 12.2. The fourth-order valence-corrected chi connectivity index (χ4v) is 8.03. The highest BCUT2D eigenvalue weighted by Gasteiger charge is 2.26. The lowest BCUT2D eigenvalue weighted by Crippen LogP contribution is -2.37. The van der Waals surface area contributed by atoms with Crippen molar-refractivity contribution in [2.24, 2.45) is 0 Å². The van der Waals surface area contributed by atoms with Crippen molar-refractivity contribution in [3.63, 3.8) is 0 Å². The van der Waals surface area contributed by atoms with E-state index in [1.807, 2.05) is 21.1 Å². The van der Waals surface area contributed by atoms with Crippen LogP contribution in [0.15, 0.2) is 24.3 Å². The second-order valence-corrected chi connectivity index (χ2v) is 20.0. The van der Waals surface area contributed by atoms with Gasteiger partial charge in [-0.3, -0.25) is 13.8 Å². The quantitative estimate of drug-likeness (QED) is 0.0214. The Hall–Kier alpha value is -1.02. The van der Waals surface area contributed by atoms with E-state index in [2.05, 4.69) is 38.2 Å². The minimum atomic E-state index is -4.28. The number of carbonyl (C=O) groups excluding carboxylic acids is 1. The van der Waals surface area contributed by atoms with Gasteiger partial charge in [0, 0.05) is 13.0 Å². The number of rotatable bonds is 48. The summed E-state index contributed by atoms with van der Waals surface area (Å²) < 4.78 is 35.1. The van der Waals surface area contributed by atoms with Gasteiger partial charge in [0.25, 0.3) is 0 Å². The van der Waals surface area contributed by atoms with Gasteiger partial charge >= 0.3 is 13.8 Å². The van der Waals surface area contributed by atoms with Crippen LogP contribution in [0.5, 0.6) is 0 Å². The molecule has 0 amide bonds. The first-order chi connectivity index (χ1) is 29.1. The predicted molar refractivity (Wildman–Crippen MR) is 257 cm³/mol. The number of esters is 1. The van der Waals surface area contributed by atoms with E-state index in [0.29, 0.717) is 24.1 Å². The molecular formula is C51H101NO7P+. The van der Waals surface area contributed by atoms with Gasteiger partial charge in [0.15, 0.2) is 0 Å². The molecule has 0 saturated heterocycles. The van der Waals surface area contributed by atoms with Crippen molar-refractivity contribution in [2.75, 3.05) is 54.1 Å². The molecule has 60 heavy (non-hydrogen) atoms. The molecule has 0 aromatic carbocycles. The maximum absolute atomic E-state index is 12.7. The van der Waals surface area contributed by atoms with Crippen LogP contribution < -0.4 is 0 Å². The van der Waals surface area contributed by atoms with Crippen LogP contribution in [0.2, 0.25) is 0 Å². The molecule has 0 radical (unpaired) electrons. The number of ether oxygens (including phenoxy) is 2. The molecule has 0 aliphatic heterocycles. The Morgan fingerprint density at radius 3 is 1.37 bits per heavy atom. The number of carbonyl (C=O) groups is 1. The molecule has 0 saturated carbocycles. The second-order valence-electron chi connectivity index (χ2n) is 18.6. The van der Waals surface area contributed by atoms with Crippen molar-refractivity contribution in [1.82, 2.24) is 0 Å². The van der Waals surface area contributed by atoms with Crippen LogP contribution in [0.25, 0.3) is 0 Å². The zero-order valence-electron chi connectivity index (χ0n) is 40.5. The molecule has 0 heterocycles. The summed E-state index contributed by atoms with van der Waals surface area (Å²) in [7, 11) is 1.67. The van der Waals surface area contributed by atoms with Gasteiger partial charge in [0.1, 0.15) is 19.3 Å². The maximum atomic E-state index is 12.7. The number of unbranched alkanes of at least 4 members (excludes halogenated alkanes) is 30. The molecule has 2 unspecified atom stereocenters. The zero-order chi connectivity index (χ0) is 44.1. The van der Waals surface area contributed by atoms with Crippen molar-refractivity contribution < 1.29 is 37.3 Å². The first kappa shape index (κ1) is 59.0. The molecule has 0 rings (SSSR count). The monoisotopic (exact) mass is 871 g/mol. The van der Waals surface area contributed by atoms with Gasteiger partial charge in [-0.25, -0.2) is 4.57 Å². The van der Waals surface area contributed by atoms with Crippen molar-refractivity contribution in [1.29, 1.82) is 0 Å². The summed E-state index contributed by atoms with van der Waals surface area (Å²) in [5.41, 5.74) is 0. The summed E-state index contributed by atoms with van der Waals surface area (Å²) in [6.45, 7) is 5.65. The Kier molecular flexibility index (Phi) is 43.8. The minimum absolute atomic E-state index is 0.0892. The Bertz CT molecular complexity index is 1010. The Morgan fingerprint density at radius 1 is 0.517 bits per heavy atom. The van der Waals surface area contributed by atoms with Crippen LogP contribution in [-0.4, -0.2) is 75.6 Å². The van der Waals surface area contributed by atoms with Gasteiger partial charge in [-0.1, -0.05) is 212 Å². The first-order valence-electron chi connectivity index (χ1n) is 25.6. The Labute approximate surface area is 373 Å². The molecule has 356 valence electrons. The van der Waals surface area contributed by atoms with Crippen LogP contribution in [-0.2, 0) is 27.9 Å². The summed E-state index contributed by atoms with van der Waals surface area (Å²) in [5, 5.41) is 0. The van der Waals surface area contributed by atoms with Crippen molar-refractivity contribution >= 4 is 13.8 Å². The van der Waals surface area contributed by atoms with Crippen LogP contribution in [0.4, 0.5) is 0 Å². The smallest absolute Gasteiger partial charge is 0.457 e. The lowest BCUT2D eigenvalue weighted by atomic mass is 10.0. The van der Waals surface area contributed by atoms with E-state index in [1.54, 1.807) is 0 Å². The largest absolute Gasteiger partial charge is 0.472 e. The lowest BCUT2D eigenvalue weighted by Gasteiger charge is -2.24. The standard InChI is InChI=1S/C51H100NO7P/c1-6-8-10-12-14-16-18-20-22-24-26-27-29-31-33-35-37-39-41-43-46-56-48-50(49-58-60(54,55)57-47-45-52(3,4)5)59-51(53)44-42-40-38-36-34-32-30-28-25-23-21-19-17-15-13-11-9-7-2/h17,19,23,25,50H,6-16,18,20-22,24,26-49H2,1-5H3/p+1/b19-17-,25-23-. The number of phosphoric acid groups is 1. The third-order valence-electron chi connectivity index (χ3n) is 11.3. The first-order valence-corrected chi connectivity index (χ1v) is 27.1. The Morgan fingerprint density at radius 2 is 0.917 bits per heavy atom. The molecule has 0 bridgehead atoms. The molecule has 0 aliphatic rings. The van der Waals surface area contributed by atoms with Crippen molar-refractivity contribution in [3.8, 4) is 0 Å². The SMILES string of the molecule is CCCCCC/C=C\C/C=C\CCCCCCCCCC(=O)OC(COCCCCCCCCCCCCCCCCCCCCCC)COP(=O)(O)OCC[N+](C)(C)C. The highest BCUT2D eigenvalue weighted by atomic mass is 31.2. The van der Waals surface area contributed by atoms with E-state index in [0.717, 1.165) is 44.9 Å². The van der Waals surface area contributed by atoms with Gasteiger partial charge in [0.05, 0.1) is 34.4 Å². The molecule has 8 nitrogen and oxygen atoms in total. The molecule has 0 spiro atoms. The summed E-state index contributed by atoms with van der Waals surface area (Å²) in [6, 6.07) is 0. The average molecular weight is 871 g/mol. The van der Waals surface area contributed by atoms with Crippen LogP contribution in [0.1, 0.15) is 239 Å². The van der Waals surface area contributed by atoms with Crippen molar-refractivity contribution in [3.05, 3.63) is 24.3 Å². The van der Waals surface area contributed by atoms with Crippen molar-refractivity contribution in [2.45, 2.75) is 245 Å². The van der Waals surface area contributed by atoms with Gasteiger partial charge in [-0.05, 0) is 44.9 Å². The molecular weight excluding hydrogens is 770 g/mol. The molecule has 0 aromatic rings. The molecule has 9 heteroatoms. The molecule has 0 fully saturated rings. The van der Waals surface area contributed by atoms with E-state index in [1.165, 1.54) is 173 Å². The minimum Gasteiger partial charge on any atom is -0.457 e. The van der Waals surface area contributed by atoms with E-state index < -0.39 is 13.9 Å². The van der Waals surface area contributed by atoms with E-state index in [9.17, 15) is 14.3 Å². The fraction of sp³-hybridized carbons (Fsp3) is 0.902. The van der Waals surface area contributed by atoms with Gasteiger partial charge < -0.3 is 18.9 Å². The summed E-state index contributed by atoms with van der Waals surface area (Å²) in [6.07, 6.45) is 52.2. The highest BCUT2D eigenvalue weighted by Crippen LogP contribution is 2.43. The molecule has 0 aromatic heterocycles. The van der Waals surface area contributed by atoms with Gasteiger partial charge in [-0.2, -0.15) is 0 Å². The number of quaternary nitrogens is 1. The van der Waals surface area contributed by atoms with Gasteiger partial charge in [-0.15, -0.1) is 0 Å². The topological polar surface area (TPSA) is 91.3 Å². The predicted octanol–water partition coefficient (Wildman–Crippen LogP) is 15.6. The lowest BCUT2D eigenvalue weighted by molar-refractivity contribution is -0.870. The number of nitrogens with zero attached hydrogens (tertiary/aromatic N) is 1. The highest BCUT2D eigenvalue weighted by molar-refractivity contribution is 7.47. The van der Waals surface area contributed by atoms with E-state index in [4.69, 9.17) is 18.5 Å².